The molecular formula is C21H26N2O4S. The van der Waals surface area contributed by atoms with Crippen LogP contribution in [0.15, 0.2) is 47.4 Å². The van der Waals surface area contributed by atoms with E-state index >= 15 is 0 Å². The predicted octanol–water partition coefficient (Wildman–Crippen LogP) is 3.50. The molecule has 2 aromatic rings. The molecule has 0 unspecified atom stereocenters. The van der Waals surface area contributed by atoms with E-state index in [1.807, 2.05) is 6.92 Å². The number of rotatable bonds is 6. The maximum absolute atomic E-state index is 13.0. The van der Waals surface area contributed by atoms with Gasteiger partial charge in [0.05, 0.1) is 17.7 Å². The van der Waals surface area contributed by atoms with Crippen LogP contribution in [-0.2, 0) is 10.0 Å². The van der Waals surface area contributed by atoms with Gasteiger partial charge in [-0.15, -0.1) is 0 Å². The van der Waals surface area contributed by atoms with E-state index in [4.69, 9.17) is 4.74 Å². The second-order valence-corrected chi connectivity index (χ2v) is 9.07. The van der Waals surface area contributed by atoms with Crippen LogP contribution in [0.2, 0.25) is 0 Å². The maximum Gasteiger partial charge on any atom is 0.264 e. The van der Waals surface area contributed by atoms with Crippen molar-refractivity contribution in [1.29, 1.82) is 0 Å². The van der Waals surface area contributed by atoms with Gasteiger partial charge in [0.25, 0.3) is 15.9 Å². The number of hydrogen-bond donors (Lipinski definition) is 1. The fourth-order valence-electron chi connectivity index (χ4n) is 3.46. The van der Waals surface area contributed by atoms with E-state index in [2.05, 4.69) is 5.32 Å². The van der Waals surface area contributed by atoms with Crippen molar-refractivity contribution < 1.29 is 17.9 Å². The number of ether oxygens (including phenoxy) is 1. The van der Waals surface area contributed by atoms with Gasteiger partial charge >= 0.3 is 0 Å². The third kappa shape index (κ3) is 4.14. The lowest BCUT2D eigenvalue weighted by molar-refractivity contribution is 0.0938. The first-order valence-corrected chi connectivity index (χ1v) is 10.8. The molecule has 0 atom stereocenters. The highest BCUT2D eigenvalue weighted by atomic mass is 32.2. The van der Waals surface area contributed by atoms with E-state index in [0.717, 1.165) is 31.2 Å². The Bertz CT molecular complexity index is 949. The first-order valence-electron chi connectivity index (χ1n) is 9.37. The van der Waals surface area contributed by atoms with Gasteiger partial charge < -0.3 is 10.1 Å². The molecule has 1 N–H and O–H groups in total. The number of nitrogens with zero attached hydrogens (tertiary/aromatic N) is 1. The average molecular weight is 403 g/mol. The number of benzene rings is 2. The van der Waals surface area contributed by atoms with E-state index < -0.39 is 10.0 Å². The van der Waals surface area contributed by atoms with Crippen molar-refractivity contribution in [2.75, 3.05) is 18.5 Å². The molecule has 0 heterocycles. The SMILES string of the molecule is COc1ccc(S(=O)(=O)N(C)c2cc(C(=O)NC3CCCC3)ccc2C)cc1. The largest absolute Gasteiger partial charge is 0.497 e. The van der Waals surface area contributed by atoms with Gasteiger partial charge in [0, 0.05) is 18.7 Å². The minimum atomic E-state index is -3.76. The third-order valence-corrected chi connectivity index (χ3v) is 7.00. The van der Waals surface area contributed by atoms with Gasteiger partial charge in [-0.25, -0.2) is 8.42 Å². The fourth-order valence-corrected chi connectivity index (χ4v) is 4.72. The van der Waals surface area contributed by atoms with Gasteiger partial charge in [-0.1, -0.05) is 18.9 Å². The third-order valence-electron chi connectivity index (χ3n) is 5.22. The highest BCUT2D eigenvalue weighted by Gasteiger charge is 2.24. The summed E-state index contributed by atoms with van der Waals surface area (Å²) in [6.45, 7) is 1.83. The zero-order valence-corrected chi connectivity index (χ0v) is 17.3. The molecular weight excluding hydrogens is 376 g/mol. The number of amides is 1. The topological polar surface area (TPSA) is 75.7 Å². The van der Waals surface area contributed by atoms with Crippen LogP contribution in [0, 0.1) is 6.92 Å². The second-order valence-electron chi connectivity index (χ2n) is 7.10. The summed E-state index contributed by atoms with van der Waals surface area (Å²) in [6, 6.07) is 11.6. The van der Waals surface area contributed by atoms with Crippen molar-refractivity contribution in [3.63, 3.8) is 0 Å². The van der Waals surface area contributed by atoms with Crippen molar-refractivity contribution in [2.24, 2.45) is 0 Å². The van der Waals surface area contributed by atoms with Crippen LogP contribution in [0.25, 0.3) is 0 Å². The van der Waals surface area contributed by atoms with Crippen molar-refractivity contribution in [3.8, 4) is 5.75 Å². The van der Waals surface area contributed by atoms with Crippen LogP contribution in [0.1, 0.15) is 41.6 Å². The molecule has 7 heteroatoms. The average Bonchev–Trinajstić information content (AvgIpc) is 3.20. The van der Waals surface area contributed by atoms with Crippen LogP contribution < -0.4 is 14.4 Å². The summed E-state index contributed by atoms with van der Waals surface area (Å²) in [6.07, 6.45) is 4.26. The van der Waals surface area contributed by atoms with Crippen LogP contribution >= 0.6 is 0 Å². The Morgan fingerprint density at radius 3 is 2.36 bits per heavy atom. The Morgan fingerprint density at radius 1 is 1.11 bits per heavy atom. The number of aryl methyl sites for hydroxylation is 1. The van der Waals surface area contributed by atoms with Crippen LogP contribution in [0.4, 0.5) is 5.69 Å². The molecule has 0 saturated heterocycles. The monoisotopic (exact) mass is 402 g/mol. The molecule has 6 nitrogen and oxygen atoms in total. The minimum Gasteiger partial charge on any atom is -0.497 e. The number of carbonyl (C=O) groups is 1. The number of anilines is 1. The van der Waals surface area contributed by atoms with Crippen LogP contribution in [0.3, 0.4) is 0 Å². The van der Waals surface area contributed by atoms with Gasteiger partial charge in [0.2, 0.25) is 0 Å². The lowest BCUT2D eigenvalue weighted by atomic mass is 10.1. The Labute approximate surface area is 166 Å². The van der Waals surface area contributed by atoms with E-state index in [-0.39, 0.29) is 16.8 Å². The Morgan fingerprint density at radius 2 is 1.75 bits per heavy atom. The minimum absolute atomic E-state index is 0.163. The Hall–Kier alpha value is -2.54. The summed E-state index contributed by atoms with van der Waals surface area (Å²) < 4.78 is 32.4. The standard InChI is InChI=1S/C21H26N2O4S/c1-15-8-9-16(21(24)22-17-6-4-5-7-17)14-20(15)23(2)28(25,26)19-12-10-18(27-3)11-13-19/h8-14,17H,4-7H2,1-3H3,(H,22,24). The van der Waals surface area contributed by atoms with Gasteiger partial charge in [0.15, 0.2) is 0 Å². The fraction of sp³-hybridized carbons (Fsp3) is 0.381. The number of methoxy groups -OCH3 is 1. The van der Waals surface area contributed by atoms with Gasteiger partial charge in [-0.2, -0.15) is 0 Å². The molecule has 0 bridgehead atoms. The highest BCUT2D eigenvalue weighted by Crippen LogP contribution is 2.28. The predicted molar refractivity (Wildman–Crippen MR) is 109 cm³/mol. The lowest BCUT2D eigenvalue weighted by Crippen LogP contribution is -2.33. The maximum atomic E-state index is 13.0. The van der Waals surface area contributed by atoms with Crippen LogP contribution in [0.5, 0.6) is 5.75 Å². The van der Waals surface area contributed by atoms with E-state index in [0.29, 0.717) is 17.0 Å². The molecule has 2 aromatic carbocycles. The number of carbonyl (C=O) groups excluding carboxylic acids is 1. The Kier molecular flexibility index (Phi) is 5.93. The molecule has 0 spiro atoms. The number of nitrogens with one attached hydrogen (secondary N) is 1. The second kappa shape index (κ2) is 8.22. The van der Waals surface area contributed by atoms with E-state index in [1.165, 1.54) is 30.6 Å². The quantitative estimate of drug-likeness (QED) is 0.802. The van der Waals surface area contributed by atoms with Gasteiger partial charge in [-0.3, -0.25) is 9.10 Å². The molecule has 1 saturated carbocycles. The van der Waals surface area contributed by atoms with Crippen molar-refractivity contribution in [2.45, 2.75) is 43.5 Å². The summed E-state index contributed by atoms with van der Waals surface area (Å²) in [4.78, 5) is 12.7. The molecule has 1 fully saturated rings. The summed E-state index contributed by atoms with van der Waals surface area (Å²) in [7, 11) is -0.729. The normalized spacial score (nSPS) is 14.7. The number of sulfonamides is 1. The van der Waals surface area contributed by atoms with Crippen LogP contribution in [-0.4, -0.2) is 34.5 Å². The highest BCUT2D eigenvalue weighted by molar-refractivity contribution is 7.92. The van der Waals surface area contributed by atoms with Gasteiger partial charge in [-0.05, 0) is 61.7 Å². The molecule has 1 amide bonds. The van der Waals surface area contributed by atoms with E-state index in [1.54, 1.807) is 30.3 Å². The smallest absolute Gasteiger partial charge is 0.264 e. The van der Waals surface area contributed by atoms with Gasteiger partial charge in [0.1, 0.15) is 5.75 Å². The number of hydrogen-bond acceptors (Lipinski definition) is 4. The molecule has 0 radical (unpaired) electrons. The molecule has 0 aromatic heterocycles. The first kappa shape index (κ1) is 20.2. The zero-order chi connectivity index (χ0) is 20.3. The molecule has 3 rings (SSSR count). The Balaban J connectivity index is 1.87. The summed E-state index contributed by atoms with van der Waals surface area (Å²) >= 11 is 0. The van der Waals surface area contributed by atoms with Crippen molar-refractivity contribution in [3.05, 3.63) is 53.6 Å². The molecule has 1 aliphatic rings. The first-order chi connectivity index (χ1) is 13.3. The molecule has 0 aliphatic heterocycles. The molecule has 28 heavy (non-hydrogen) atoms. The van der Waals surface area contributed by atoms with Crippen molar-refractivity contribution in [1.82, 2.24) is 5.32 Å². The molecule has 1 aliphatic carbocycles. The molecule has 150 valence electrons. The summed E-state index contributed by atoms with van der Waals surface area (Å²) in [5.74, 6) is 0.423. The summed E-state index contributed by atoms with van der Waals surface area (Å²) in [5.41, 5.74) is 1.72. The lowest BCUT2D eigenvalue weighted by Gasteiger charge is -2.22. The zero-order valence-electron chi connectivity index (χ0n) is 16.4. The summed E-state index contributed by atoms with van der Waals surface area (Å²) in [5, 5.41) is 3.04. The van der Waals surface area contributed by atoms with E-state index in [9.17, 15) is 13.2 Å². The van der Waals surface area contributed by atoms with Crippen molar-refractivity contribution >= 4 is 21.6 Å².